The van der Waals surface area contributed by atoms with E-state index in [-0.39, 0.29) is 0 Å². The molecule has 1 heterocycles. The lowest BCUT2D eigenvalue weighted by atomic mass is 10.1. The Kier molecular flexibility index (Phi) is 8.16. The van der Waals surface area contributed by atoms with Gasteiger partial charge in [-0.3, -0.25) is 0 Å². The Bertz CT molecular complexity index is 2510. The van der Waals surface area contributed by atoms with Gasteiger partial charge in [0.2, 0.25) is 0 Å². The number of hydrogen-bond donors (Lipinski definition) is 0. The molecule has 52 heavy (non-hydrogen) atoms. The molecule has 0 bridgehead atoms. The van der Waals surface area contributed by atoms with Crippen LogP contribution in [0.3, 0.4) is 0 Å². The summed E-state index contributed by atoms with van der Waals surface area (Å²) in [5, 5.41) is 2.21. The van der Waals surface area contributed by atoms with E-state index in [0.29, 0.717) is 0 Å². The van der Waals surface area contributed by atoms with Crippen LogP contribution in [0.15, 0.2) is 217 Å². The van der Waals surface area contributed by atoms with Crippen LogP contribution in [-0.2, 0) is 0 Å². The molecular formula is C48H35N3O. The van der Waals surface area contributed by atoms with E-state index in [1.54, 1.807) is 0 Å². The van der Waals surface area contributed by atoms with Crippen molar-refractivity contribution in [1.29, 1.82) is 0 Å². The molecule has 0 unspecified atom stereocenters. The molecule has 9 aromatic rings. The summed E-state index contributed by atoms with van der Waals surface area (Å²) in [5.41, 5.74) is 11.5. The lowest BCUT2D eigenvalue weighted by molar-refractivity contribution is 0.669. The van der Waals surface area contributed by atoms with E-state index < -0.39 is 0 Å². The molecule has 248 valence electrons. The molecule has 0 saturated heterocycles. The SMILES string of the molecule is c1ccc(N(c2ccccc2)c2ccc(N(c3ccccc3)c3ccc(N(c4ccccc4)c4ccc5oc6ccccc6c5c4)cc3)cc2)cc1. The van der Waals surface area contributed by atoms with Crippen molar-refractivity contribution in [3.63, 3.8) is 0 Å². The summed E-state index contributed by atoms with van der Waals surface area (Å²) in [7, 11) is 0. The van der Waals surface area contributed by atoms with Crippen molar-refractivity contribution in [2.75, 3.05) is 14.7 Å². The number of fused-ring (bicyclic) bond motifs is 3. The normalized spacial score (nSPS) is 11.1. The molecule has 0 spiro atoms. The molecule has 0 N–H and O–H groups in total. The molecule has 0 saturated carbocycles. The number of benzene rings is 8. The summed E-state index contributed by atoms with van der Waals surface area (Å²) in [5.74, 6) is 0. The molecule has 9 rings (SSSR count). The fraction of sp³-hybridized carbons (Fsp3) is 0. The minimum absolute atomic E-state index is 0.883. The van der Waals surface area contributed by atoms with Crippen molar-refractivity contribution < 1.29 is 4.42 Å². The largest absolute Gasteiger partial charge is 0.456 e. The van der Waals surface area contributed by atoms with Crippen LogP contribution in [0.4, 0.5) is 51.2 Å². The lowest BCUT2D eigenvalue weighted by Gasteiger charge is -2.29. The molecule has 0 aliphatic rings. The Hall–Kier alpha value is -7.04. The number of nitrogens with zero attached hydrogens (tertiary/aromatic N) is 3. The third-order valence-corrected chi connectivity index (χ3v) is 9.41. The van der Waals surface area contributed by atoms with E-state index in [1.165, 1.54) is 0 Å². The van der Waals surface area contributed by atoms with Gasteiger partial charge >= 0.3 is 0 Å². The Balaban J connectivity index is 1.10. The highest BCUT2D eigenvalue weighted by atomic mass is 16.3. The molecule has 0 fully saturated rings. The summed E-state index contributed by atoms with van der Waals surface area (Å²) in [6.07, 6.45) is 0. The van der Waals surface area contributed by atoms with Gasteiger partial charge in [0.05, 0.1) is 0 Å². The van der Waals surface area contributed by atoms with Crippen LogP contribution < -0.4 is 14.7 Å². The number of furan rings is 1. The van der Waals surface area contributed by atoms with Gasteiger partial charge in [-0.15, -0.1) is 0 Å². The zero-order valence-electron chi connectivity index (χ0n) is 28.5. The molecule has 0 amide bonds. The van der Waals surface area contributed by atoms with E-state index >= 15 is 0 Å². The average molecular weight is 670 g/mol. The Labute approximate surface area is 303 Å². The zero-order chi connectivity index (χ0) is 34.7. The highest BCUT2D eigenvalue weighted by Gasteiger charge is 2.18. The van der Waals surface area contributed by atoms with E-state index in [2.05, 4.69) is 215 Å². The second-order valence-electron chi connectivity index (χ2n) is 12.7. The van der Waals surface area contributed by atoms with Gasteiger partial charge < -0.3 is 19.1 Å². The highest BCUT2D eigenvalue weighted by Crippen LogP contribution is 2.42. The van der Waals surface area contributed by atoms with Crippen LogP contribution in [0.1, 0.15) is 0 Å². The predicted octanol–water partition coefficient (Wildman–Crippen LogP) is 14.0. The molecule has 4 nitrogen and oxygen atoms in total. The second kappa shape index (κ2) is 13.7. The number of hydrogen-bond acceptors (Lipinski definition) is 4. The van der Waals surface area contributed by atoms with Crippen LogP contribution in [0.2, 0.25) is 0 Å². The molecule has 0 radical (unpaired) electrons. The van der Waals surface area contributed by atoms with Crippen molar-refractivity contribution in [2.24, 2.45) is 0 Å². The van der Waals surface area contributed by atoms with Crippen LogP contribution in [0.25, 0.3) is 21.9 Å². The van der Waals surface area contributed by atoms with Crippen molar-refractivity contribution in [3.05, 3.63) is 212 Å². The van der Waals surface area contributed by atoms with E-state index in [9.17, 15) is 0 Å². The van der Waals surface area contributed by atoms with Crippen LogP contribution in [0, 0.1) is 0 Å². The monoisotopic (exact) mass is 669 g/mol. The Morgan fingerprint density at radius 1 is 0.231 bits per heavy atom. The maximum Gasteiger partial charge on any atom is 0.135 e. The standard InChI is InChI=1S/C48H35N3O/c1-5-15-36(16-6-1)49(37-17-7-2-8-18-37)40-25-27-41(28-26-40)50(38-19-9-3-10-20-38)42-29-31-43(32-30-42)51(39-21-11-4-12-22-39)44-33-34-48-46(35-44)45-23-13-14-24-47(45)52-48/h1-35H. The summed E-state index contributed by atoms with van der Waals surface area (Å²) >= 11 is 0. The third-order valence-electron chi connectivity index (χ3n) is 9.41. The lowest BCUT2D eigenvalue weighted by Crippen LogP contribution is -2.13. The van der Waals surface area contributed by atoms with Gasteiger partial charge in [0.1, 0.15) is 11.2 Å². The Morgan fingerprint density at radius 3 is 0.923 bits per heavy atom. The van der Waals surface area contributed by atoms with Crippen LogP contribution >= 0.6 is 0 Å². The van der Waals surface area contributed by atoms with Gasteiger partial charge in [-0.2, -0.15) is 0 Å². The van der Waals surface area contributed by atoms with Gasteiger partial charge in [-0.25, -0.2) is 0 Å². The molecule has 4 heteroatoms. The van der Waals surface area contributed by atoms with Crippen molar-refractivity contribution >= 4 is 73.1 Å². The molecular weight excluding hydrogens is 635 g/mol. The minimum atomic E-state index is 0.883. The molecule has 8 aromatic carbocycles. The zero-order valence-corrected chi connectivity index (χ0v) is 28.5. The van der Waals surface area contributed by atoms with E-state index in [0.717, 1.165) is 73.1 Å². The topological polar surface area (TPSA) is 22.9 Å². The Morgan fingerprint density at radius 2 is 0.519 bits per heavy atom. The van der Waals surface area contributed by atoms with Crippen molar-refractivity contribution in [1.82, 2.24) is 0 Å². The van der Waals surface area contributed by atoms with Gasteiger partial charge in [0.25, 0.3) is 0 Å². The van der Waals surface area contributed by atoms with Gasteiger partial charge in [0.15, 0.2) is 0 Å². The van der Waals surface area contributed by atoms with Gasteiger partial charge in [-0.1, -0.05) is 91.0 Å². The fourth-order valence-electron chi connectivity index (χ4n) is 7.00. The number of rotatable bonds is 9. The smallest absolute Gasteiger partial charge is 0.135 e. The highest BCUT2D eigenvalue weighted by molar-refractivity contribution is 6.06. The quantitative estimate of drug-likeness (QED) is 0.153. The first-order valence-corrected chi connectivity index (χ1v) is 17.5. The molecule has 0 atom stereocenters. The summed E-state index contributed by atoms with van der Waals surface area (Å²) < 4.78 is 6.16. The first-order chi connectivity index (χ1) is 25.8. The van der Waals surface area contributed by atoms with E-state index in [4.69, 9.17) is 4.42 Å². The number of anilines is 9. The first-order valence-electron chi connectivity index (χ1n) is 17.5. The average Bonchev–Trinajstić information content (AvgIpc) is 3.59. The molecule has 1 aromatic heterocycles. The second-order valence-corrected chi connectivity index (χ2v) is 12.7. The van der Waals surface area contributed by atoms with Crippen LogP contribution in [-0.4, -0.2) is 0 Å². The van der Waals surface area contributed by atoms with Gasteiger partial charge in [0, 0.05) is 62.0 Å². The maximum atomic E-state index is 6.16. The summed E-state index contributed by atoms with van der Waals surface area (Å²) in [6.45, 7) is 0. The molecule has 0 aliphatic carbocycles. The third kappa shape index (κ3) is 5.93. The van der Waals surface area contributed by atoms with Crippen molar-refractivity contribution in [3.8, 4) is 0 Å². The number of para-hydroxylation sites is 5. The summed E-state index contributed by atoms with van der Waals surface area (Å²) in [6, 6.07) is 74.4. The van der Waals surface area contributed by atoms with Gasteiger partial charge in [-0.05, 0) is 121 Å². The summed E-state index contributed by atoms with van der Waals surface area (Å²) in [4.78, 5) is 6.89. The van der Waals surface area contributed by atoms with Crippen molar-refractivity contribution in [2.45, 2.75) is 0 Å². The maximum absolute atomic E-state index is 6.16. The minimum Gasteiger partial charge on any atom is -0.456 e. The van der Waals surface area contributed by atoms with Crippen LogP contribution in [0.5, 0.6) is 0 Å². The fourth-order valence-corrected chi connectivity index (χ4v) is 7.00. The predicted molar refractivity (Wildman–Crippen MR) is 218 cm³/mol. The van der Waals surface area contributed by atoms with E-state index in [1.807, 2.05) is 12.1 Å². The first kappa shape index (κ1) is 31.0. The molecule has 0 aliphatic heterocycles.